The van der Waals surface area contributed by atoms with Gasteiger partial charge in [0.05, 0.1) is 7.11 Å². The minimum Gasteiger partial charge on any atom is -0.479 e. The van der Waals surface area contributed by atoms with E-state index in [9.17, 15) is 0 Å². The number of methoxy groups -OCH3 is 1. The van der Waals surface area contributed by atoms with Gasteiger partial charge in [-0.2, -0.15) is 0 Å². The van der Waals surface area contributed by atoms with E-state index in [0.717, 1.165) is 5.56 Å². The SMILES string of the molecule is CO/C(=N\O)c1ccccc1. The Balaban J connectivity index is 2.92. The van der Waals surface area contributed by atoms with Gasteiger partial charge in [0.1, 0.15) is 0 Å². The van der Waals surface area contributed by atoms with Crippen LogP contribution in [0.4, 0.5) is 0 Å². The van der Waals surface area contributed by atoms with Crippen molar-refractivity contribution in [1.29, 1.82) is 0 Å². The molecule has 0 saturated heterocycles. The Morgan fingerprint density at radius 3 is 2.45 bits per heavy atom. The molecule has 0 aliphatic carbocycles. The highest BCUT2D eigenvalue weighted by Crippen LogP contribution is 2.00. The number of hydrogen-bond acceptors (Lipinski definition) is 3. The van der Waals surface area contributed by atoms with Crippen LogP contribution in [0.5, 0.6) is 0 Å². The molecule has 0 unspecified atom stereocenters. The molecule has 0 atom stereocenters. The predicted molar refractivity (Wildman–Crippen MR) is 41.8 cm³/mol. The lowest BCUT2D eigenvalue weighted by molar-refractivity contribution is 0.287. The molecule has 1 aromatic rings. The zero-order valence-corrected chi connectivity index (χ0v) is 6.19. The molecule has 0 spiro atoms. The first-order valence-corrected chi connectivity index (χ1v) is 3.20. The van der Waals surface area contributed by atoms with Gasteiger partial charge in [-0.15, -0.1) is 0 Å². The third kappa shape index (κ3) is 1.70. The van der Waals surface area contributed by atoms with E-state index in [2.05, 4.69) is 5.16 Å². The van der Waals surface area contributed by atoms with Crippen LogP contribution in [0.3, 0.4) is 0 Å². The predicted octanol–water partition coefficient (Wildman–Crippen LogP) is 1.47. The van der Waals surface area contributed by atoms with Crippen LogP contribution < -0.4 is 0 Å². The molecule has 0 saturated carbocycles. The Kier molecular flexibility index (Phi) is 2.49. The summed E-state index contributed by atoms with van der Waals surface area (Å²) in [5.74, 6) is 0.227. The third-order valence-corrected chi connectivity index (χ3v) is 1.30. The Labute approximate surface area is 64.9 Å². The van der Waals surface area contributed by atoms with Gasteiger partial charge < -0.3 is 9.94 Å². The largest absolute Gasteiger partial charge is 0.479 e. The summed E-state index contributed by atoms with van der Waals surface area (Å²) < 4.78 is 4.79. The highest BCUT2D eigenvalue weighted by molar-refractivity contribution is 5.93. The highest BCUT2D eigenvalue weighted by atomic mass is 16.5. The first-order valence-electron chi connectivity index (χ1n) is 3.20. The van der Waals surface area contributed by atoms with Crippen LogP contribution in [0.25, 0.3) is 0 Å². The van der Waals surface area contributed by atoms with E-state index in [1.54, 1.807) is 12.1 Å². The van der Waals surface area contributed by atoms with Crippen LogP contribution in [0.1, 0.15) is 5.56 Å². The maximum atomic E-state index is 8.44. The van der Waals surface area contributed by atoms with Gasteiger partial charge in [-0.1, -0.05) is 18.2 Å². The maximum absolute atomic E-state index is 8.44. The Morgan fingerprint density at radius 2 is 2.00 bits per heavy atom. The summed E-state index contributed by atoms with van der Waals surface area (Å²) in [6, 6.07) is 9.18. The van der Waals surface area contributed by atoms with Gasteiger partial charge in [0.25, 0.3) is 5.90 Å². The second-order valence-corrected chi connectivity index (χ2v) is 1.98. The van der Waals surface area contributed by atoms with Gasteiger partial charge in [-0.3, -0.25) is 0 Å². The second-order valence-electron chi connectivity index (χ2n) is 1.98. The summed E-state index contributed by atoms with van der Waals surface area (Å²) in [6.07, 6.45) is 0. The van der Waals surface area contributed by atoms with Crippen LogP contribution in [-0.2, 0) is 4.74 Å². The highest BCUT2D eigenvalue weighted by Gasteiger charge is 2.00. The molecular weight excluding hydrogens is 142 g/mol. The molecule has 3 heteroatoms. The van der Waals surface area contributed by atoms with E-state index in [0.29, 0.717) is 0 Å². The number of rotatable bonds is 1. The Bertz CT molecular complexity index is 244. The maximum Gasteiger partial charge on any atom is 0.257 e. The van der Waals surface area contributed by atoms with E-state index in [1.165, 1.54) is 7.11 Å². The Hall–Kier alpha value is -1.51. The van der Waals surface area contributed by atoms with Crippen LogP contribution in [0.2, 0.25) is 0 Å². The van der Waals surface area contributed by atoms with E-state index in [1.807, 2.05) is 18.2 Å². The number of benzene rings is 1. The fourth-order valence-electron chi connectivity index (χ4n) is 0.797. The molecule has 0 fully saturated rings. The standard InChI is InChI=1S/C8H9NO2/c1-11-8(9-10)7-5-3-2-4-6-7/h2-6,10H,1H3/b9-8-. The van der Waals surface area contributed by atoms with Crippen molar-refractivity contribution in [2.75, 3.05) is 7.11 Å². The number of hydrogen-bond donors (Lipinski definition) is 1. The number of oxime groups is 1. The van der Waals surface area contributed by atoms with E-state index >= 15 is 0 Å². The van der Waals surface area contributed by atoms with Gasteiger partial charge >= 0.3 is 0 Å². The van der Waals surface area contributed by atoms with Crippen LogP contribution in [0, 0.1) is 0 Å². The number of ether oxygens (including phenoxy) is 1. The molecule has 0 aliphatic rings. The monoisotopic (exact) mass is 151 g/mol. The summed E-state index contributed by atoms with van der Waals surface area (Å²) in [6.45, 7) is 0. The minimum absolute atomic E-state index is 0.227. The molecular formula is C8H9NO2. The first-order chi connectivity index (χ1) is 5.38. The summed E-state index contributed by atoms with van der Waals surface area (Å²) in [5, 5.41) is 11.4. The average Bonchev–Trinajstić information content (AvgIpc) is 2.09. The molecule has 0 amide bonds. The molecule has 3 nitrogen and oxygen atoms in total. The topological polar surface area (TPSA) is 41.8 Å². The summed E-state index contributed by atoms with van der Waals surface area (Å²) in [5.41, 5.74) is 0.762. The molecule has 11 heavy (non-hydrogen) atoms. The van der Waals surface area contributed by atoms with E-state index < -0.39 is 0 Å². The van der Waals surface area contributed by atoms with Crippen molar-refractivity contribution in [2.24, 2.45) is 5.16 Å². The summed E-state index contributed by atoms with van der Waals surface area (Å²) in [4.78, 5) is 0. The van der Waals surface area contributed by atoms with Crippen LogP contribution in [0.15, 0.2) is 35.5 Å². The van der Waals surface area contributed by atoms with Crippen molar-refractivity contribution in [2.45, 2.75) is 0 Å². The first kappa shape index (κ1) is 7.60. The molecule has 1 aromatic carbocycles. The van der Waals surface area contributed by atoms with Gasteiger partial charge in [0, 0.05) is 5.56 Å². The minimum atomic E-state index is 0.227. The van der Waals surface area contributed by atoms with Crippen LogP contribution in [-0.4, -0.2) is 18.2 Å². The van der Waals surface area contributed by atoms with Crippen molar-refractivity contribution in [1.82, 2.24) is 0 Å². The lowest BCUT2D eigenvalue weighted by Crippen LogP contribution is -2.02. The zero-order chi connectivity index (χ0) is 8.10. The second kappa shape index (κ2) is 3.61. The third-order valence-electron chi connectivity index (χ3n) is 1.30. The fourth-order valence-corrected chi connectivity index (χ4v) is 0.797. The van der Waals surface area contributed by atoms with Crippen molar-refractivity contribution in [3.05, 3.63) is 35.9 Å². The molecule has 1 rings (SSSR count). The molecule has 0 heterocycles. The van der Waals surface area contributed by atoms with Crippen molar-refractivity contribution in [3.8, 4) is 0 Å². The lowest BCUT2D eigenvalue weighted by Gasteiger charge is -2.00. The van der Waals surface area contributed by atoms with E-state index in [4.69, 9.17) is 9.94 Å². The smallest absolute Gasteiger partial charge is 0.257 e. The lowest BCUT2D eigenvalue weighted by atomic mass is 10.2. The van der Waals surface area contributed by atoms with Crippen molar-refractivity contribution in [3.63, 3.8) is 0 Å². The number of nitrogens with zero attached hydrogens (tertiary/aromatic N) is 1. The molecule has 58 valence electrons. The molecule has 1 N–H and O–H groups in total. The summed E-state index contributed by atoms with van der Waals surface area (Å²) >= 11 is 0. The average molecular weight is 151 g/mol. The van der Waals surface area contributed by atoms with Crippen LogP contribution >= 0.6 is 0 Å². The summed E-state index contributed by atoms with van der Waals surface area (Å²) in [7, 11) is 1.46. The molecule has 0 aromatic heterocycles. The van der Waals surface area contributed by atoms with Crippen molar-refractivity contribution < 1.29 is 9.94 Å². The molecule has 0 bridgehead atoms. The zero-order valence-electron chi connectivity index (χ0n) is 6.19. The normalized spacial score (nSPS) is 11.2. The van der Waals surface area contributed by atoms with E-state index in [-0.39, 0.29) is 5.90 Å². The van der Waals surface area contributed by atoms with Crippen molar-refractivity contribution >= 4 is 5.90 Å². The quantitative estimate of drug-likeness (QED) is 0.286. The van der Waals surface area contributed by atoms with Gasteiger partial charge in [-0.25, -0.2) is 0 Å². The van der Waals surface area contributed by atoms with Gasteiger partial charge in [0.2, 0.25) is 0 Å². The van der Waals surface area contributed by atoms with Gasteiger partial charge in [0.15, 0.2) is 0 Å². The van der Waals surface area contributed by atoms with Gasteiger partial charge in [-0.05, 0) is 17.3 Å². The molecule has 0 radical (unpaired) electrons. The molecule has 0 aliphatic heterocycles. The fraction of sp³-hybridized carbons (Fsp3) is 0.125. The Morgan fingerprint density at radius 1 is 1.36 bits per heavy atom.